The number of aromatic nitrogens is 1. The van der Waals surface area contributed by atoms with Crippen molar-refractivity contribution < 1.29 is 9.13 Å². The second kappa shape index (κ2) is 4.35. The Balaban J connectivity index is 2.40. The van der Waals surface area contributed by atoms with Crippen molar-refractivity contribution in [3.05, 3.63) is 34.2 Å². The van der Waals surface area contributed by atoms with Crippen LogP contribution in [0, 0.1) is 5.82 Å². The Morgan fingerprint density at radius 2 is 2.28 bits per heavy atom. The molecule has 0 saturated heterocycles. The molecule has 0 aliphatic carbocycles. The zero-order valence-electron chi connectivity index (χ0n) is 9.46. The van der Waals surface area contributed by atoms with Crippen molar-refractivity contribution >= 4 is 28.2 Å². The fraction of sp³-hybridized carbons (Fsp3) is 0.250. The van der Waals surface area contributed by atoms with Crippen molar-refractivity contribution in [3.8, 4) is 0 Å². The quantitative estimate of drug-likeness (QED) is 0.615. The smallest absolute Gasteiger partial charge is 0.150 e. The SMILES string of the molecule is NNc1c2c(nc3c(F)cc(Cl)cc13)CCOC2. The van der Waals surface area contributed by atoms with E-state index in [1.165, 1.54) is 6.07 Å². The van der Waals surface area contributed by atoms with Gasteiger partial charge in [-0.05, 0) is 12.1 Å². The Kier molecular flexibility index (Phi) is 2.81. The van der Waals surface area contributed by atoms with Crippen molar-refractivity contribution in [2.24, 2.45) is 5.84 Å². The second-order valence-corrected chi connectivity index (χ2v) is 4.58. The summed E-state index contributed by atoms with van der Waals surface area (Å²) in [6.45, 7) is 1.01. The van der Waals surface area contributed by atoms with E-state index in [0.717, 1.165) is 11.3 Å². The molecule has 0 amide bonds. The van der Waals surface area contributed by atoms with Crippen molar-refractivity contribution in [1.29, 1.82) is 0 Å². The summed E-state index contributed by atoms with van der Waals surface area (Å²) in [6, 6.07) is 2.90. The van der Waals surface area contributed by atoms with Crippen molar-refractivity contribution in [2.45, 2.75) is 13.0 Å². The fourth-order valence-corrected chi connectivity index (χ4v) is 2.45. The van der Waals surface area contributed by atoms with E-state index < -0.39 is 5.82 Å². The molecular weight excluding hydrogens is 257 g/mol. The molecule has 94 valence electrons. The van der Waals surface area contributed by atoms with E-state index >= 15 is 0 Å². The van der Waals surface area contributed by atoms with Crippen LogP contribution in [0.3, 0.4) is 0 Å². The molecule has 0 saturated carbocycles. The van der Waals surface area contributed by atoms with Gasteiger partial charge in [-0.3, -0.25) is 5.84 Å². The number of hydrazine groups is 1. The number of hydrogen-bond acceptors (Lipinski definition) is 4. The maximum Gasteiger partial charge on any atom is 0.150 e. The number of ether oxygens (including phenoxy) is 1. The first-order valence-corrected chi connectivity index (χ1v) is 5.93. The molecule has 1 aliphatic heterocycles. The summed E-state index contributed by atoms with van der Waals surface area (Å²) in [6.07, 6.45) is 0.655. The van der Waals surface area contributed by atoms with Gasteiger partial charge < -0.3 is 10.2 Å². The number of nitrogen functional groups attached to an aromatic ring is 1. The molecule has 0 radical (unpaired) electrons. The lowest BCUT2D eigenvalue weighted by Gasteiger charge is -2.20. The van der Waals surface area contributed by atoms with Gasteiger partial charge in [-0.2, -0.15) is 0 Å². The largest absolute Gasteiger partial charge is 0.376 e. The van der Waals surface area contributed by atoms with E-state index in [-0.39, 0.29) is 5.52 Å². The predicted octanol–water partition coefficient (Wildman–Crippen LogP) is 2.39. The van der Waals surface area contributed by atoms with Crippen LogP contribution in [0.1, 0.15) is 11.3 Å². The Morgan fingerprint density at radius 1 is 1.44 bits per heavy atom. The molecule has 1 aliphatic rings. The summed E-state index contributed by atoms with van der Waals surface area (Å²) in [5.74, 6) is 5.10. The van der Waals surface area contributed by atoms with E-state index in [4.69, 9.17) is 22.2 Å². The van der Waals surface area contributed by atoms with Gasteiger partial charge in [-0.1, -0.05) is 11.6 Å². The summed E-state index contributed by atoms with van der Waals surface area (Å²) in [4.78, 5) is 4.36. The van der Waals surface area contributed by atoms with Gasteiger partial charge in [0.15, 0.2) is 5.82 Å². The highest BCUT2D eigenvalue weighted by atomic mass is 35.5. The van der Waals surface area contributed by atoms with Crippen LogP contribution in [0.5, 0.6) is 0 Å². The predicted molar refractivity (Wildman–Crippen MR) is 67.9 cm³/mol. The molecule has 2 aromatic rings. The van der Waals surface area contributed by atoms with E-state index in [0.29, 0.717) is 35.7 Å². The number of fused-ring (bicyclic) bond motifs is 2. The molecule has 0 unspecified atom stereocenters. The maximum absolute atomic E-state index is 13.9. The molecular formula is C12H11ClFN3O. The summed E-state index contributed by atoms with van der Waals surface area (Å²) < 4.78 is 19.3. The summed E-state index contributed by atoms with van der Waals surface area (Å²) in [5.41, 5.74) is 5.22. The monoisotopic (exact) mass is 267 g/mol. The van der Waals surface area contributed by atoms with Gasteiger partial charge in [0.25, 0.3) is 0 Å². The number of anilines is 1. The third-order valence-corrected chi connectivity index (χ3v) is 3.29. The van der Waals surface area contributed by atoms with Gasteiger partial charge in [0, 0.05) is 22.4 Å². The van der Waals surface area contributed by atoms with Crippen LogP contribution in [0.15, 0.2) is 12.1 Å². The van der Waals surface area contributed by atoms with Crippen LogP contribution < -0.4 is 11.3 Å². The van der Waals surface area contributed by atoms with Crippen LogP contribution in [0.25, 0.3) is 10.9 Å². The lowest BCUT2D eigenvalue weighted by molar-refractivity contribution is 0.110. The average Bonchev–Trinajstić information content (AvgIpc) is 2.36. The second-order valence-electron chi connectivity index (χ2n) is 4.14. The van der Waals surface area contributed by atoms with Crippen LogP contribution >= 0.6 is 11.6 Å². The molecule has 1 aromatic heterocycles. The molecule has 3 N–H and O–H groups in total. The van der Waals surface area contributed by atoms with Crippen LogP contribution in [0.4, 0.5) is 10.1 Å². The fourth-order valence-electron chi connectivity index (χ4n) is 2.25. The minimum Gasteiger partial charge on any atom is -0.376 e. The lowest BCUT2D eigenvalue weighted by Crippen LogP contribution is -2.18. The number of nitrogens with one attached hydrogen (secondary N) is 1. The number of rotatable bonds is 1. The molecule has 6 heteroatoms. The Morgan fingerprint density at radius 3 is 3.06 bits per heavy atom. The van der Waals surface area contributed by atoms with Gasteiger partial charge in [-0.15, -0.1) is 0 Å². The number of pyridine rings is 1. The van der Waals surface area contributed by atoms with E-state index in [2.05, 4.69) is 10.4 Å². The van der Waals surface area contributed by atoms with E-state index in [9.17, 15) is 4.39 Å². The lowest BCUT2D eigenvalue weighted by atomic mass is 10.0. The standard InChI is InChI=1S/C12H11ClFN3O/c13-6-3-7-11(17-15)8-5-18-2-1-10(8)16-12(7)9(14)4-6/h3-4H,1-2,5,15H2,(H,16,17). The minimum absolute atomic E-state index is 0.285. The van der Waals surface area contributed by atoms with Crippen molar-refractivity contribution in [1.82, 2.24) is 4.98 Å². The third kappa shape index (κ3) is 1.71. The molecule has 0 fully saturated rings. The molecule has 0 atom stereocenters. The van der Waals surface area contributed by atoms with E-state index in [1.807, 2.05) is 0 Å². The van der Waals surface area contributed by atoms with Gasteiger partial charge in [0.1, 0.15) is 5.52 Å². The number of halogens is 2. The molecule has 4 nitrogen and oxygen atoms in total. The van der Waals surface area contributed by atoms with Crippen LogP contribution in [0.2, 0.25) is 5.02 Å². The van der Waals surface area contributed by atoms with Gasteiger partial charge in [0.05, 0.1) is 24.6 Å². The first-order valence-electron chi connectivity index (χ1n) is 5.55. The van der Waals surface area contributed by atoms with Gasteiger partial charge >= 0.3 is 0 Å². The van der Waals surface area contributed by atoms with Crippen molar-refractivity contribution in [2.75, 3.05) is 12.0 Å². The maximum atomic E-state index is 13.9. The highest BCUT2D eigenvalue weighted by molar-refractivity contribution is 6.31. The van der Waals surface area contributed by atoms with E-state index in [1.54, 1.807) is 6.07 Å². The highest BCUT2D eigenvalue weighted by Crippen LogP contribution is 2.33. The summed E-state index contributed by atoms with van der Waals surface area (Å²) >= 11 is 5.87. The first-order chi connectivity index (χ1) is 8.70. The Labute approximate surface area is 108 Å². The van der Waals surface area contributed by atoms with Gasteiger partial charge in [-0.25, -0.2) is 9.37 Å². The molecule has 1 aromatic carbocycles. The molecule has 0 bridgehead atoms. The first kappa shape index (κ1) is 11.6. The number of hydrogen-bond donors (Lipinski definition) is 2. The molecule has 18 heavy (non-hydrogen) atoms. The number of nitrogens with zero attached hydrogens (tertiary/aromatic N) is 1. The third-order valence-electron chi connectivity index (χ3n) is 3.07. The minimum atomic E-state index is -0.441. The zero-order valence-corrected chi connectivity index (χ0v) is 10.2. The van der Waals surface area contributed by atoms with Crippen molar-refractivity contribution in [3.63, 3.8) is 0 Å². The number of benzene rings is 1. The topological polar surface area (TPSA) is 60.2 Å². The zero-order chi connectivity index (χ0) is 12.7. The normalized spacial score (nSPS) is 14.6. The molecule has 2 heterocycles. The van der Waals surface area contributed by atoms with Gasteiger partial charge in [0.2, 0.25) is 0 Å². The molecule has 3 rings (SSSR count). The summed E-state index contributed by atoms with van der Waals surface area (Å²) in [5, 5.41) is 0.890. The average molecular weight is 268 g/mol. The highest BCUT2D eigenvalue weighted by Gasteiger charge is 2.20. The number of nitrogens with two attached hydrogens (primary N) is 1. The van der Waals surface area contributed by atoms with Crippen LogP contribution in [-0.2, 0) is 17.8 Å². The molecule has 0 spiro atoms. The Hall–Kier alpha value is -1.43. The van der Waals surface area contributed by atoms with Crippen LogP contribution in [-0.4, -0.2) is 11.6 Å². The Bertz CT molecular complexity index is 632. The summed E-state index contributed by atoms with van der Waals surface area (Å²) in [7, 11) is 0.